The molecule has 32 heavy (non-hydrogen) atoms. The maximum atomic E-state index is 13.5. The van der Waals surface area contributed by atoms with E-state index in [0.717, 1.165) is 34.4 Å². The van der Waals surface area contributed by atoms with Crippen LogP contribution in [0, 0.1) is 45.2 Å². The van der Waals surface area contributed by atoms with Crippen LogP contribution >= 0.6 is 0 Å². The van der Waals surface area contributed by atoms with Gasteiger partial charge in [-0.15, -0.1) is 0 Å². The molecule has 1 amide bonds. The second-order valence-electron chi connectivity index (χ2n) is 8.67. The van der Waals surface area contributed by atoms with Crippen LogP contribution in [0.5, 0.6) is 0 Å². The fraction of sp³-hybridized carbons (Fsp3) is 0.458. The number of nitrogens with one attached hydrogen (secondary N) is 1. The number of sulfonamides is 1. The van der Waals surface area contributed by atoms with Gasteiger partial charge in [-0.3, -0.25) is 4.79 Å². The van der Waals surface area contributed by atoms with Crippen LogP contribution < -0.4 is 5.32 Å². The van der Waals surface area contributed by atoms with Gasteiger partial charge in [0.25, 0.3) is 0 Å². The van der Waals surface area contributed by atoms with Crippen molar-refractivity contribution in [1.29, 1.82) is 0 Å². The Morgan fingerprint density at radius 1 is 1.00 bits per heavy atom. The Balaban J connectivity index is 1.68. The Kier molecular flexibility index (Phi) is 7.05. The minimum absolute atomic E-state index is 0.210. The lowest BCUT2D eigenvalue weighted by Gasteiger charge is -2.32. The van der Waals surface area contributed by atoms with Gasteiger partial charge in [0.05, 0.1) is 10.9 Å². The topological polar surface area (TPSA) is 66.5 Å². The third-order valence-electron chi connectivity index (χ3n) is 6.52. The van der Waals surface area contributed by atoms with Crippen molar-refractivity contribution in [3.05, 3.63) is 63.7 Å². The first-order valence-electron chi connectivity index (χ1n) is 10.8. The summed E-state index contributed by atoms with van der Waals surface area (Å²) >= 11 is 0. The first-order chi connectivity index (χ1) is 14.9. The molecule has 0 aromatic heterocycles. The molecule has 2 aromatic rings. The Hall–Kier alpha value is -2.32. The van der Waals surface area contributed by atoms with Crippen LogP contribution in [0.3, 0.4) is 0 Å². The van der Waals surface area contributed by atoms with E-state index in [-0.39, 0.29) is 24.9 Å². The number of hydrogen-bond acceptors (Lipinski definition) is 3. The molecule has 1 aliphatic heterocycles. The van der Waals surface area contributed by atoms with Gasteiger partial charge in [-0.05, 0) is 87.4 Å². The van der Waals surface area contributed by atoms with E-state index in [4.69, 9.17) is 0 Å². The number of halogens is 2. The lowest BCUT2D eigenvalue weighted by atomic mass is 9.96. The lowest BCUT2D eigenvalue weighted by molar-refractivity contribution is -0.126. The van der Waals surface area contributed by atoms with Crippen molar-refractivity contribution < 1.29 is 22.0 Å². The maximum absolute atomic E-state index is 13.5. The number of carbonyl (C=O) groups excluding carboxylic acids is 1. The zero-order chi connectivity index (χ0) is 23.8. The number of benzene rings is 2. The Bertz CT molecular complexity index is 1110. The van der Waals surface area contributed by atoms with Gasteiger partial charge in [0.1, 0.15) is 0 Å². The summed E-state index contributed by atoms with van der Waals surface area (Å²) in [5.74, 6) is -2.44. The lowest BCUT2D eigenvalue weighted by Crippen LogP contribution is -2.43. The number of rotatable bonds is 5. The van der Waals surface area contributed by atoms with Crippen molar-refractivity contribution in [2.45, 2.75) is 58.4 Å². The zero-order valence-corrected chi connectivity index (χ0v) is 19.9. The largest absolute Gasteiger partial charge is 0.349 e. The predicted octanol–water partition coefficient (Wildman–Crippen LogP) is 4.48. The summed E-state index contributed by atoms with van der Waals surface area (Å²) in [4.78, 5) is 13.1. The van der Waals surface area contributed by atoms with E-state index in [9.17, 15) is 22.0 Å². The normalized spacial score (nSPS) is 16.7. The summed E-state index contributed by atoms with van der Waals surface area (Å²) in [5.41, 5.74) is 3.86. The standard InChI is InChI=1S/C24H30F2N2O3S/c1-14-12-15(2)17(4)23(16(14)3)32(30,31)28-10-8-19(9-11-28)24(29)27-18(5)20-6-7-21(25)22(26)13-20/h6-7,12-13,18-19H,8-11H2,1-5H3,(H,27,29). The molecule has 174 valence electrons. The number of carbonyl (C=O) groups is 1. The summed E-state index contributed by atoms with van der Waals surface area (Å²) in [5, 5.41) is 2.83. The molecule has 1 unspecified atom stereocenters. The molecule has 1 saturated heterocycles. The van der Waals surface area contributed by atoms with E-state index in [0.29, 0.717) is 23.3 Å². The summed E-state index contributed by atoms with van der Waals surface area (Å²) < 4.78 is 54.9. The highest BCUT2D eigenvalue weighted by Gasteiger charge is 2.34. The minimum atomic E-state index is -3.67. The Morgan fingerprint density at radius 2 is 1.56 bits per heavy atom. The average Bonchev–Trinajstić information content (AvgIpc) is 2.74. The van der Waals surface area contributed by atoms with Gasteiger partial charge in [0.2, 0.25) is 15.9 Å². The number of nitrogens with zero attached hydrogens (tertiary/aromatic N) is 1. The molecular weight excluding hydrogens is 434 g/mol. The second kappa shape index (κ2) is 9.27. The van der Waals surface area contributed by atoms with Gasteiger partial charge in [0, 0.05) is 19.0 Å². The van der Waals surface area contributed by atoms with Gasteiger partial charge < -0.3 is 5.32 Å². The highest BCUT2D eigenvalue weighted by atomic mass is 32.2. The number of piperidine rings is 1. The Morgan fingerprint density at radius 3 is 2.09 bits per heavy atom. The van der Waals surface area contributed by atoms with Crippen molar-refractivity contribution in [1.82, 2.24) is 9.62 Å². The third kappa shape index (κ3) is 4.71. The quantitative estimate of drug-likeness (QED) is 0.710. The summed E-state index contributed by atoms with van der Waals surface area (Å²) in [7, 11) is -3.67. The first kappa shape index (κ1) is 24.3. The van der Waals surface area contributed by atoms with E-state index < -0.39 is 27.7 Å². The number of amides is 1. The molecule has 2 aromatic carbocycles. The highest BCUT2D eigenvalue weighted by Crippen LogP contribution is 2.31. The number of hydrogen-bond donors (Lipinski definition) is 1. The molecule has 1 N–H and O–H groups in total. The van der Waals surface area contributed by atoms with Gasteiger partial charge in [-0.1, -0.05) is 12.1 Å². The summed E-state index contributed by atoms with van der Waals surface area (Å²) in [6.45, 7) is 9.69. The van der Waals surface area contributed by atoms with Crippen molar-refractivity contribution in [2.24, 2.45) is 5.92 Å². The molecule has 5 nitrogen and oxygen atoms in total. The average molecular weight is 465 g/mol. The zero-order valence-electron chi connectivity index (χ0n) is 19.1. The van der Waals surface area contributed by atoms with Crippen molar-refractivity contribution in [3.63, 3.8) is 0 Å². The summed E-state index contributed by atoms with van der Waals surface area (Å²) in [6, 6.07) is 5.05. The SMILES string of the molecule is Cc1cc(C)c(C)c(S(=O)(=O)N2CCC(C(=O)NC(C)c3ccc(F)c(F)c3)CC2)c1C. The van der Waals surface area contributed by atoms with Crippen LogP contribution in [0.2, 0.25) is 0 Å². The summed E-state index contributed by atoms with van der Waals surface area (Å²) in [6.07, 6.45) is 0.802. The van der Waals surface area contributed by atoms with Gasteiger partial charge in [-0.25, -0.2) is 17.2 Å². The van der Waals surface area contributed by atoms with Crippen molar-refractivity contribution in [3.8, 4) is 0 Å². The van der Waals surface area contributed by atoms with Crippen LogP contribution in [0.4, 0.5) is 8.78 Å². The first-order valence-corrected chi connectivity index (χ1v) is 12.2. The van der Waals surface area contributed by atoms with E-state index in [1.54, 1.807) is 6.92 Å². The molecule has 0 spiro atoms. The molecule has 0 bridgehead atoms. The van der Waals surface area contributed by atoms with E-state index >= 15 is 0 Å². The second-order valence-corrected chi connectivity index (χ2v) is 10.5. The molecule has 0 radical (unpaired) electrons. The molecule has 1 aliphatic rings. The van der Waals surface area contributed by atoms with E-state index in [2.05, 4.69) is 5.32 Å². The number of aryl methyl sites for hydroxylation is 2. The molecule has 1 atom stereocenters. The van der Waals surface area contributed by atoms with Crippen molar-refractivity contribution >= 4 is 15.9 Å². The van der Waals surface area contributed by atoms with Gasteiger partial charge in [-0.2, -0.15) is 4.31 Å². The fourth-order valence-corrected chi connectivity index (χ4v) is 6.30. The van der Waals surface area contributed by atoms with Crippen LogP contribution in [0.1, 0.15) is 53.6 Å². The molecule has 1 fully saturated rings. The Labute approximate surface area is 188 Å². The van der Waals surface area contributed by atoms with Crippen LogP contribution in [0.25, 0.3) is 0 Å². The van der Waals surface area contributed by atoms with E-state index in [1.165, 1.54) is 10.4 Å². The molecular formula is C24H30F2N2O3S. The maximum Gasteiger partial charge on any atom is 0.243 e. The third-order valence-corrected chi connectivity index (χ3v) is 8.70. The van der Waals surface area contributed by atoms with Crippen LogP contribution in [0.15, 0.2) is 29.2 Å². The van der Waals surface area contributed by atoms with E-state index in [1.807, 2.05) is 33.8 Å². The molecule has 0 saturated carbocycles. The monoisotopic (exact) mass is 464 g/mol. The molecule has 1 heterocycles. The molecule has 3 rings (SSSR count). The minimum Gasteiger partial charge on any atom is -0.349 e. The predicted molar refractivity (Wildman–Crippen MR) is 120 cm³/mol. The molecule has 8 heteroatoms. The smallest absolute Gasteiger partial charge is 0.243 e. The van der Waals surface area contributed by atoms with Gasteiger partial charge in [0.15, 0.2) is 11.6 Å². The molecule has 0 aliphatic carbocycles. The van der Waals surface area contributed by atoms with Crippen LogP contribution in [-0.4, -0.2) is 31.7 Å². The fourth-order valence-electron chi connectivity index (χ4n) is 4.25. The van der Waals surface area contributed by atoms with Gasteiger partial charge >= 0.3 is 0 Å². The van der Waals surface area contributed by atoms with Crippen LogP contribution in [-0.2, 0) is 14.8 Å². The highest BCUT2D eigenvalue weighted by molar-refractivity contribution is 7.89. The van der Waals surface area contributed by atoms with Crippen molar-refractivity contribution in [2.75, 3.05) is 13.1 Å².